The lowest BCUT2D eigenvalue weighted by Crippen LogP contribution is -2.15. The molecule has 2 amide bonds. The number of hydrogen-bond acceptors (Lipinski definition) is 5. The summed E-state index contributed by atoms with van der Waals surface area (Å²) in [5.74, 6) is 0.136. The minimum absolute atomic E-state index is 0.135. The highest BCUT2D eigenvalue weighted by molar-refractivity contribution is 7.14. The van der Waals surface area contributed by atoms with Crippen LogP contribution in [-0.4, -0.2) is 16.8 Å². The van der Waals surface area contributed by atoms with Crippen LogP contribution in [0.1, 0.15) is 40.7 Å². The number of nitrogens with one attached hydrogen (secondary N) is 2. The molecule has 7 heteroatoms. The molecule has 0 aliphatic rings. The Balaban J connectivity index is 1.55. The van der Waals surface area contributed by atoms with E-state index >= 15 is 0 Å². The first-order chi connectivity index (χ1) is 12.5. The van der Waals surface area contributed by atoms with Crippen LogP contribution in [0.2, 0.25) is 0 Å². The van der Waals surface area contributed by atoms with Crippen molar-refractivity contribution in [1.29, 1.82) is 0 Å². The first kappa shape index (κ1) is 18.3. The van der Waals surface area contributed by atoms with E-state index in [4.69, 9.17) is 0 Å². The van der Waals surface area contributed by atoms with Crippen LogP contribution in [-0.2, 0) is 11.2 Å². The van der Waals surface area contributed by atoms with E-state index in [2.05, 4.69) is 29.5 Å². The highest BCUT2D eigenvalue weighted by Crippen LogP contribution is 2.20. The fourth-order valence-corrected chi connectivity index (χ4v) is 3.66. The zero-order valence-corrected chi connectivity index (χ0v) is 16.1. The van der Waals surface area contributed by atoms with Crippen molar-refractivity contribution in [3.63, 3.8) is 0 Å². The lowest BCUT2D eigenvalue weighted by molar-refractivity contribution is -0.115. The van der Waals surface area contributed by atoms with Crippen LogP contribution < -0.4 is 10.6 Å². The first-order valence-corrected chi connectivity index (χ1v) is 9.96. The van der Waals surface area contributed by atoms with Gasteiger partial charge in [-0.2, -0.15) is 0 Å². The summed E-state index contributed by atoms with van der Waals surface area (Å²) in [6.45, 7) is 4.26. The number of nitrogens with zero attached hydrogens (tertiary/aromatic N) is 1. The van der Waals surface area contributed by atoms with Gasteiger partial charge in [-0.3, -0.25) is 14.9 Å². The minimum Gasteiger partial charge on any atom is -0.326 e. The Labute approximate surface area is 160 Å². The molecular weight excluding hydrogens is 366 g/mol. The van der Waals surface area contributed by atoms with Crippen LogP contribution in [0.15, 0.2) is 47.2 Å². The smallest absolute Gasteiger partial charge is 0.267 e. The monoisotopic (exact) mass is 385 g/mol. The second-order valence-corrected chi connectivity index (χ2v) is 7.88. The molecule has 0 radical (unpaired) electrons. The predicted molar refractivity (Wildman–Crippen MR) is 107 cm³/mol. The number of anilines is 2. The number of amides is 2. The predicted octanol–water partition coefficient (Wildman–Crippen LogP) is 4.76. The van der Waals surface area contributed by atoms with E-state index in [1.807, 2.05) is 35.7 Å². The number of aromatic nitrogens is 1. The van der Waals surface area contributed by atoms with E-state index < -0.39 is 0 Å². The highest BCUT2D eigenvalue weighted by Gasteiger charge is 2.12. The number of carbonyl (C=O) groups is 2. The molecule has 3 rings (SSSR count). The van der Waals surface area contributed by atoms with Crippen molar-refractivity contribution in [2.75, 3.05) is 10.6 Å². The third kappa shape index (κ3) is 4.77. The second kappa shape index (κ2) is 8.25. The molecule has 26 heavy (non-hydrogen) atoms. The number of carbonyl (C=O) groups excluding carboxylic acids is 2. The van der Waals surface area contributed by atoms with E-state index in [9.17, 15) is 9.59 Å². The molecular formula is C19H19N3O2S2. The molecule has 0 atom stereocenters. The van der Waals surface area contributed by atoms with Gasteiger partial charge >= 0.3 is 0 Å². The number of thiazole rings is 1. The van der Waals surface area contributed by atoms with Crippen LogP contribution in [0.5, 0.6) is 0 Å². The topological polar surface area (TPSA) is 71.1 Å². The fourth-order valence-electron chi connectivity index (χ4n) is 2.33. The molecule has 0 saturated heterocycles. The summed E-state index contributed by atoms with van der Waals surface area (Å²) < 4.78 is 0. The summed E-state index contributed by atoms with van der Waals surface area (Å²) in [7, 11) is 0. The molecule has 2 heterocycles. The lowest BCUT2D eigenvalue weighted by Gasteiger charge is -2.08. The molecule has 1 aromatic carbocycles. The number of thiophene rings is 1. The summed E-state index contributed by atoms with van der Waals surface area (Å²) in [5.41, 5.74) is 2.63. The summed E-state index contributed by atoms with van der Waals surface area (Å²) in [5, 5.41) is 9.74. The SMILES string of the molecule is CC(C)c1ccc(NC(=O)Cc2csc(NC(=O)c3cccs3)n2)cc1. The Bertz CT molecular complexity index is 884. The standard InChI is InChI=1S/C19H19N3O2S2/c1-12(2)13-5-7-14(8-6-13)20-17(23)10-15-11-26-19(21-15)22-18(24)16-4-3-9-25-16/h3-9,11-12H,10H2,1-2H3,(H,20,23)(H,21,22,24). The fraction of sp³-hybridized carbons (Fsp3) is 0.211. The maximum absolute atomic E-state index is 12.2. The highest BCUT2D eigenvalue weighted by atomic mass is 32.1. The number of hydrogen-bond donors (Lipinski definition) is 2. The summed E-state index contributed by atoms with van der Waals surface area (Å²) in [4.78, 5) is 29.1. The molecule has 0 saturated carbocycles. The third-order valence-electron chi connectivity index (χ3n) is 3.72. The molecule has 0 unspecified atom stereocenters. The van der Waals surface area contributed by atoms with Gasteiger partial charge in [0.2, 0.25) is 5.91 Å². The van der Waals surface area contributed by atoms with Crippen LogP contribution in [0.4, 0.5) is 10.8 Å². The van der Waals surface area contributed by atoms with Gasteiger partial charge in [-0.1, -0.05) is 32.0 Å². The van der Waals surface area contributed by atoms with Crippen molar-refractivity contribution in [3.05, 3.63) is 63.3 Å². The Morgan fingerprint density at radius 1 is 1.08 bits per heavy atom. The van der Waals surface area contributed by atoms with Crippen molar-refractivity contribution in [2.45, 2.75) is 26.2 Å². The Hall–Kier alpha value is -2.51. The lowest BCUT2D eigenvalue weighted by atomic mass is 10.0. The first-order valence-electron chi connectivity index (χ1n) is 8.20. The van der Waals surface area contributed by atoms with Gasteiger partial charge in [0.25, 0.3) is 5.91 Å². The second-order valence-electron chi connectivity index (χ2n) is 6.08. The quantitative estimate of drug-likeness (QED) is 0.642. The summed E-state index contributed by atoms with van der Waals surface area (Å²) >= 11 is 2.68. The molecule has 2 N–H and O–H groups in total. The largest absolute Gasteiger partial charge is 0.326 e. The number of rotatable bonds is 6. The van der Waals surface area contributed by atoms with Crippen LogP contribution in [0.25, 0.3) is 0 Å². The molecule has 0 aliphatic heterocycles. The van der Waals surface area contributed by atoms with Crippen LogP contribution in [0.3, 0.4) is 0 Å². The maximum Gasteiger partial charge on any atom is 0.267 e. The molecule has 5 nitrogen and oxygen atoms in total. The van der Waals surface area contributed by atoms with Gasteiger partial charge in [0.05, 0.1) is 17.0 Å². The van der Waals surface area contributed by atoms with Crippen molar-refractivity contribution in [3.8, 4) is 0 Å². The zero-order valence-electron chi connectivity index (χ0n) is 14.5. The average molecular weight is 386 g/mol. The van der Waals surface area contributed by atoms with E-state index in [-0.39, 0.29) is 18.2 Å². The van der Waals surface area contributed by atoms with E-state index in [0.29, 0.717) is 21.6 Å². The van der Waals surface area contributed by atoms with Gasteiger partial charge in [0.15, 0.2) is 5.13 Å². The van der Waals surface area contributed by atoms with Crippen molar-refractivity contribution >= 4 is 45.3 Å². The van der Waals surface area contributed by atoms with Gasteiger partial charge in [-0.05, 0) is 35.1 Å². The molecule has 134 valence electrons. The molecule has 2 aromatic heterocycles. The summed E-state index contributed by atoms with van der Waals surface area (Å²) in [6.07, 6.45) is 0.164. The van der Waals surface area contributed by atoms with Gasteiger partial charge in [-0.15, -0.1) is 22.7 Å². The van der Waals surface area contributed by atoms with Crippen LogP contribution in [0, 0.1) is 0 Å². The van der Waals surface area contributed by atoms with Crippen molar-refractivity contribution in [1.82, 2.24) is 4.98 Å². The summed E-state index contributed by atoms with van der Waals surface area (Å²) in [6, 6.07) is 11.4. The van der Waals surface area contributed by atoms with Gasteiger partial charge in [0, 0.05) is 11.1 Å². The molecule has 0 spiro atoms. The molecule has 3 aromatic rings. The molecule has 0 bridgehead atoms. The third-order valence-corrected chi connectivity index (χ3v) is 5.40. The van der Waals surface area contributed by atoms with Gasteiger partial charge in [-0.25, -0.2) is 4.98 Å². The normalized spacial score (nSPS) is 10.7. The van der Waals surface area contributed by atoms with E-state index in [1.165, 1.54) is 28.2 Å². The van der Waals surface area contributed by atoms with Crippen molar-refractivity contribution < 1.29 is 9.59 Å². The number of benzene rings is 1. The Morgan fingerprint density at radius 3 is 2.50 bits per heavy atom. The average Bonchev–Trinajstić information content (AvgIpc) is 3.27. The zero-order chi connectivity index (χ0) is 18.5. The Kier molecular flexibility index (Phi) is 5.80. The molecule has 0 aliphatic carbocycles. The maximum atomic E-state index is 12.2. The molecule has 0 fully saturated rings. The van der Waals surface area contributed by atoms with Gasteiger partial charge < -0.3 is 5.32 Å². The van der Waals surface area contributed by atoms with Gasteiger partial charge in [0.1, 0.15) is 0 Å². The minimum atomic E-state index is -0.185. The van der Waals surface area contributed by atoms with Crippen LogP contribution >= 0.6 is 22.7 Å². The Morgan fingerprint density at radius 2 is 1.85 bits per heavy atom. The van der Waals surface area contributed by atoms with E-state index in [1.54, 1.807) is 11.4 Å². The van der Waals surface area contributed by atoms with Crippen molar-refractivity contribution in [2.24, 2.45) is 0 Å². The van der Waals surface area contributed by atoms with E-state index in [0.717, 1.165) is 5.69 Å².